The standard InChI is InChI=1S/C21H23FN2O2S/c1-4-26-10-9-24-18-8-7-17(22)13-19(18)27-21(24)23-20(25)12-16-6-5-14(2)11-15(16)3/h5-8,11,13H,4,9-10,12H2,1-3H3. The lowest BCUT2D eigenvalue weighted by Gasteiger charge is -2.06. The molecule has 142 valence electrons. The van der Waals surface area contributed by atoms with Gasteiger partial charge in [0, 0.05) is 13.2 Å². The number of thiazole rings is 1. The number of ether oxygens (including phenoxy) is 1. The number of aryl methyl sites for hydroxylation is 2. The first-order chi connectivity index (χ1) is 13.0. The van der Waals surface area contributed by atoms with Crippen LogP contribution >= 0.6 is 11.3 Å². The van der Waals surface area contributed by atoms with E-state index in [0.717, 1.165) is 21.3 Å². The molecule has 0 unspecified atom stereocenters. The summed E-state index contributed by atoms with van der Waals surface area (Å²) in [5.41, 5.74) is 4.09. The quantitative estimate of drug-likeness (QED) is 0.597. The maximum absolute atomic E-state index is 13.6. The second-order valence-corrected chi connectivity index (χ2v) is 7.47. The highest BCUT2D eigenvalue weighted by atomic mass is 32.1. The molecule has 3 aromatic rings. The Labute approximate surface area is 161 Å². The van der Waals surface area contributed by atoms with E-state index in [4.69, 9.17) is 4.74 Å². The van der Waals surface area contributed by atoms with Gasteiger partial charge >= 0.3 is 0 Å². The number of hydrogen-bond donors (Lipinski definition) is 0. The van der Waals surface area contributed by atoms with Crippen LogP contribution in [0.3, 0.4) is 0 Å². The smallest absolute Gasteiger partial charge is 0.252 e. The molecule has 6 heteroatoms. The summed E-state index contributed by atoms with van der Waals surface area (Å²) >= 11 is 1.32. The third-order valence-electron chi connectivity index (χ3n) is 4.37. The zero-order valence-corrected chi connectivity index (χ0v) is 16.6. The third kappa shape index (κ3) is 4.70. The molecule has 0 N–H and O–H groups in total. The van der Waals surface area contributed by atoms with Crippen molar-refractivity contribution in [2.24, 2.45) is 4.99 Å². The van der Waals surface area contributed by atoms with E-state index in [2.05, 4.69) is 11.1 Å². The number of amides is 1. The molecule has 0 spiro atoms. The second-order valence-electron chi connectivity index (χ2n) is 6.46. The van der Waals surface area contributed by atoms with Crippen molar-refractivity contribution >= 4 is 27.5 Å². The van der Waals surface area contributed by atoms with E-state index >= 15 is 0 Å². The lowest BCUT2D eigenvalue weighted by atomic mass is 10.0. The fourth-order valence-electron chi connectivity index (χ4n) is 3.00. The Hall–Kier alpha value is -2.31. The Balaban J connectivity index is 1.95. The number of aromatic nitrogens is 1. The van der Waals surface area contributed by atoms with Crippen molar-refractivity contribution in [1.29, 1.82) is 0 Å². The third-order valence-corrected chi connectivity index (χ3v) is 5.41. The van der Waals surface area contributed by atoms with Crippen LogP contribution in [0.4, 0.5) is 4.39 Å². The minimum atomic E-state index is -0.297. The summed E-state index contributed by atoms with van der Waals surface area (Å²) in [6.07, 6.45) is 0.250. The SMILES string of the molecule is CCOCCn1c(=NC(=O)Cc2ccc(C)cc2C)sc2cc(F)ccc21. The number of halogens is 1. The first-order valence-corrected chi connectivity index (χ1v) is 9.80. The van der Waals surface area contributed by atoms with Gasteiger partial charge in [0.2, 0.25) is 0 Å². The molecule has 0 saturated heterocycles. The van der Waals surface area contributed by atoms with E-state index in [-0.39, 0.29) is 18.1 Å². The topological polar surface area (TPSA) is 43.6 Å². The van der Waals surface area contributed by atoms with Crippen LogP contribution in [0.1, 0.15) is 23.6 Å². The van der Waals surface area contributed by atoms with Gasteiger partial charge in [0.1, 0.15) is 5.82 Å². The van der Waals surface area contributed by atoms with Gasteiger partial charge in [-0.05, 0) is 50.1 Å². The Morgan fingerprint density at radius 3 is 2.78 bits per heavy atom. The van der Waals surface area contributed by atoms with Gasteiger partial charge in [-0.2, -0.15) is 4.99 Å². The molecule has 0 fully saturated rings. The highest BCUT2D eigenvalue weighted by Crippen LogP contribution is 2.19. The second kappa shape index (κ2) is 8.59. The Bertz CT molecular complexity index is 1040. The molecule has 4 nitrogen and oxygen atoms in total. The van der Waals surface area contributed by atoms with Crippen molar-refractivity contribution in [2.45, 2.75) is 33.7 Å². The maximum atomic E-state index is 13.6. The van der Waals surface area contributed by atoms with Gasteiger partial charge in [-0.3, -0.25) is 4.79 Å². The monoisotopic (exact) mass is 386 g/mol. The molecule has 27 heavy (non-hydrogen) atoms. The molecule has 1 heterocycles. The summed E-state index contributed by atoms with van der Waals surface area (Å²) in [7, 11) is 0. The molecule has 0 saturated carbocycles. The first-order valence-electron chi connectivity index (χ1n) is 8.98. The Kier molecular flexibility index (Phi) is 6.19. The van der Waals surface area contributed by atoms with Crippen LogP contribution in [-0.4, -0.2) is 23.7 Å². The van der Waals surface area contributed by atoms with Crippen LogP contribution in [0.2, 0.25) is 0 Å². The van der Waals surface area contributed by atoms with Gasteiger partial charge in [-0.1, -0.05) is 35.1 Å². The van der Waals surface area contributed by atoms with E-state index in [1.807, 2.05) is 37.5 Å². The lowest BCUT2D eigenvalue weighted by molar-refractivity contribution is -0.117. The van der Waals surface area contributed by atoms with Gasteiger partial charge in [0.05, 0.1) is 23.2 Å². The van der Waals surface area contributed by atoms with Gasteiger partial charge in [0.15, 0.2) is 4.80 Å². The summed E-state index contributed by atoms with van der Waals surface area (Å²) in [6, 6.07) is 10.7. The summed E-state index contributed by atoms with van der Waals surface area (Å²) < 4.78 is 21.7. The summed E-state index contributed by atoms with van der Waals surface area (Å²) in [6.45, 7) is 7.66. The van der Waals surface area contributed by atoms with Crippen molar-refractivity contribution in [3.8, 4) is 0 Å². The van der Waals surface area contributed by atoms with E-state index in [9.17, 15) is 9.18 Å². The molecule has 1 aromatic heterocycles. The molecule has 0 bridgehead atoms. The number of carbonyl (C=O) groups is 1. The fraction of sp³-hybridized carbons (Fsp3) is 0.333. The molecule has 2 aromatic carbocycles. The van der Waals surface area contributed by atoms with Crippen LogP contribution < -0.4 is 4.80 Å². The predicted molar refractivity (Wildman–Crippen MR) is 106 cm³/mol. The molecule has 0 atom stereocenters. The molecular weight excluding hydrogens is 363 g/mol. The van der Waals surface area contributed by atoms with Crippen LogP contribution in [0.25, 0.3) is 10.2 Å². The van der Waals surface area contributed by atoms with Crippen LogP contribution in [-0.2, 0) is 22.5 Å². The van der Waals surface area contributed by atoms with Crippen molar-refractivity contribution in [3.63, 3.8) is 0 Å². The van der Waals surface area contributed by atoms with E-state index in [1.165, 1.54) is 29.0 Å². The normalized spacial score (nSPS) is 12.1. The predicted octanol–water partition coefficient (Wildman–Crippen LogP) is 4.17. The van der Waals surface area contributed by atoms with E-state index in [1.54, 1.807) is 6.07 Å². The van der Waals surface area contributed by atoms with Crippen LogP contribution in [0, 0.1) is 19.7 Å². The molecule has 0 aliphatic carbocycles. The Morgan fingerprint density at radius 1 is 1.22 bits per heavy atom. The molecule has 1 amide bonds. The molecule has 0 aliphatic rings. The molecule has 0 radical (unpaired) electrons. The van der Waals surface area contributed by atoms with E-state index in [0.29, 0.717) is 24.6 Å². The van der Waals surface area contributed by atoms with Crippen molar-refractivity contribution in [2.75, 3.05) is 13.2 Å². The van der Waals surface area contributed by atoms with Gasteiger partial charge in [-0.25, -0.2) is 4.39 Å². The minimum Gasteiger partial charge on any atom is -0.380 e. The van der Waals surface area contributed by atoms with Crippen molar-refractivity contribution in [1.82, 2.24) is 4.57 Å². The number of carbonyl (C=O) groups excluding carboxylic acids is 1. The lowest BCUT2D eigenvalue weighted by Crippen LogP contribution is -2.20. The number of nitrogens with zero attached hydrogens (tertiary/aromatic N) is 2. The van der Waals surface area contributed by atoms with Crippen LogP contribution in [0.15, 0.2) is 41.4 Å². The molecule has 0 aliphatic heterocycles. The zero-order chi connectivity index (χ0) is 19.4. The zero-order valence-electron chi connectivity index (χ0n) is 15.8. The first kappa shape index (κ1) is 19.5. The molecular formula is C21H23FN2O2S. The highest BCUT2D eigenvalue weighted by molar-refractivity contribution is 7.16. The highest BCUT2D eigenvalue weighted by Gasteiger charge is 2.10. The van der Waals surface area contributed by atoms with Gasteiger partial charge in [-0.15, -0.1) is 0 Å². The fourth-order valence-corrected chi connectivity index (χ4v) is 4.10. The van der Waals surface area contributed by atoms with E-state index < -0.39 is 0 Å². The Morgan fingerprint density at radius 2 is 2.04 bits per heavy atom. The minimum absolute atomic E-state index is 0.209. The number of fused-ring (bicyclic) bond motifs is 1. The maximum Gasteiger partial charge on any atom is 0.252 e. The summed E-state index contributed by atoms with van der Waals surface area (Å²) in [5.74, 6) is -0.506. The number of benzene rings is 2. The van der Waals surface area contributed by atoms with Crippen molar-refractivity contribution in [3.05, 3.63) is 63.7 Å². The van der Waals surface area contributed by atoms with Crippen LogP contribution in [0.5, 0.6) is 0 Å². The average molecular weight is 386 g/mol. The summed E-state index contributed by atoms with van der Waals surface area (Å²) in [5, 5.41) is 0. The average Bonchev–Trinajstić information content (AvgIpc) is 2.94. The molecule has 3 rings (SSSR count). The largest absolute Gasteiger partial charge is 0.380 e. The van der Waals surface area contributed by atoms with Gasteiger partial charge < -0.3 is 9.30 Å². The number of hydrogen-bond acceptors (Lipinski definition) is 3. The number of rotatable bonds is 6. The summed E-state index contributed by atoms with van der Waals surface area (Å²) in [4.78, 5) is 17.5. The van der Waals surface area contributed by atoms with Gasteiger partial charge in [0.25, 0.3) is 5.91 Å². The van der Waals surface area contributed by atoms with Crippen molar-refractivity contribution < 1.29 is 13.9 Å².